The molecule has 0 unspecified atom stereocenters. The van der Waals surface area contributed by atoms with E-state index in [4.69, 9.17) is 9.47 Å². The molecule has 1 aromatic rings. The van der Waals surface area contributed by atoms with Crippen molar-refractivity contribution in [3.63, 3.8) is 0 Å². The summed E-state index contributed by atoms with van der Waals surface area (Å²) in [5, 5.41) is 0. The zero-order chi connectivity index (χ0) is 10.4. The Kier molecular flexibility index (Phi) is 4.86. The molecule has 0 saturated heterocycles. The van der Waals surface area contributed by atoms with E-state index in [1.54, 1.807) is 12.1 Å². The monoisotopic (exact) mass is 264 g/mol. The lowest BCUT2D eigenvalue weighted by Gasteiger charge is -2.08. The fraction of sp³-hybridized carbons (Fsp3) is 0.333. The first-order valence-corrected chi connectivity index (χ1v) is 4.68. The molecule has 0 spiro atoms. The number of methoxy groups -OCH3 is 1. The molecule has 0 bridgehead atoms. The van der Waals surface area contributed by atoms with Gasteiger partial charge in [-0.25, -0.2) is 4.39 Å². The van der Waals surface area contributed by atoms with E-state index in [1.165, 1.54) is 13.2 Å². The van der Waals surface area contributed by atoms with Gasteiger partial charge in [0, 0.05) is 7.11 Å². The normalized spacial score (nSPS) is 10.2. The Morgan fingerprint density at radius 2 is 2.14 bits per heavy atom. The maximum Gasteiger partial charge on any atom is 0.191 e. The summed E-state index contributed by atoms with van der Waals surface area (Å²) < 4.78 is 28.2. The summed E-state index contributed by atoms with van der Waals surface area (Å²) in [4.78, 5) is 0. The van der Waals surface area contributed by atoms with Crippen molar-refractivity contribution in [2.24, 2.45) is 0 Å². The molecule has 0 aliphatic rings. The Bertz CT molecular complexity index is 273. The van der Waals surface area contributed by atoms with E-state index in [1.807, 2.05) is 0 Å². The van der Waals surface area contributed by atoms with Crippen molar-refractivity contribution in [3.8, 4) is 5.75 Å². The van der Waals surface area contributed by atoms with Crippen molar-refractivity contribution in [1.29, 1.82) is 0 Å². The highest BCUT2D eigenvalue weighted by molar-refractivity contribution is 9.10. The van der Waals surface area contributed by atoms with Crippen LogP contribution in [-0.4, -0.2) is 20.7 Å². The van der Waals surface area contributed by atoms with E-state index in [9.17, 15) is 4.39 Å². The second-order valence-electron chi connectivity index (χ2n) is 2.42. The minimum atomic E-state index is -0.430. The Balaban J connectivity index is 2.49. The van der Waals surface area contributed by atoms with Gasteiger partial charge in [0.1, 0.15) is 6.79 Å². The second kappa shape index (κ2) is 5.95. The van der Waals surface area contributed by atoms with E-state index in [0.717, 1.165) is 0 Å². The first-order valence-electron chi connectivity index (χ1n) is 3.89. The van der Waals surface area contributed by atoms with Gasteiger partial charge in [-0.05, 0) is 28.1 Å². The molecule has 0 atom stereocenters. The van der Waals surface area contributed by atoms with Crippen molar-refractivity contribution >= 4 is 15.9 Å². The SMILES string of the molecule is COCOCOc1c(F)cccc1Br. The van der Waals surface area contributed by atoms with Crippen LogP contribution >= 0.6 is 15.9 Å². The van der Waals surface area contributed by atoms with Crippen molar-refractivity contribution in [3.05, 3.63) is 28.5 Å². The standard InChI is InChI=1S/C9H10BrFO3/c1-12-5-13-6-14-9-7(10)3-2-4-8(9)11/h2-4H,5-6H2,1H3. The average Bonchev–Trinajstić information content (AvgIpc) is 2.16. The summed E-state index contributed by atoms with van der Waals surface area (Å²) in [6, 6.07) is 4.59. The summed E-state index contributed by atoms with van der Waals surface area (Å²) >= 11 is 3.16. The van der Waals surface area contributed by atoms with Gasteiger partial charge in [-0.2, -0.15) is 0 Å². The Morgan fingerprint density at radius 1 is 1.36 bits per heavy atom. The van der Waals surface area contributed by atoms with Gasteiger partial charge in [0.2, 0.25) is 0 Å². The van der Waals surface area contributed by atoms with Crippen LogP contribution in [0.3, 0.4) is 0 Å². The first kappa shape index (κ1) is 11.4. The number of ether oxygens (including phenoxy) is 3. The molecule has 0 radical (unpaired) electrons. The van der Waals surface area contributed by atoms with Crippen molar-refractivity contribution in [2.45, 2.75) is 0 Å². The fourth-order valence-electron chi connectivity index (χ4n) is 0.838. The molecular formula is C9H10BrFO3. The topological polar surface area (TPSA) is 27.7 Å². The first-order chi connectivity index (χ1) is 6.75. The van der Waals surface area contributed by atoms with E-state index in [2.05, 4.69) is 20.7 Å². The molecule has 0 aliphatic carbocycles. The van der Waals surface area contributed by atoms with Crippen molar-refractivity contribution in [2.75, 3.05) is 20.7 Å². The molecule has 0 amide bonds. The maximum atomic E-state index is 13.1. The zero-order valence-corrected chi connectivity index (χ0v) is 9.21. The van der Waals surface area contributed by atoms with Gasteiger partial charge in [0.05, 0.1) is 4.47 Å². The maximum absolute atomic E-state index is 13.1. The lowest BCUT2D eigenvalue weighted by atomic mass is 10.3. The van der Waals surface area contributed by atoms with Crippen LogP contribution in [0, 0.1) is 5.82 Å². The fourth-order valence-corrected chi connectivity index (χ4v) is 1.29. The third kappa shape index (κ3) is 3.25. The van der Waals surface area contributed by atoms with Gasteiger partial charge in [-0.1, -0.05) is 6.07 Å². The molecule has 3 nitrogen and oxygen atoms in total. The molecule has 0 N–H and O–H groups in total. The lowest BCUT2D eigenvalue weighted by Crippen LogP contribution is -2.06. The number of rotatable bonds is 5. The van der Waals surface area contributed by atoms with Gasteiger partial charge < -0.3 is 14.2 Å². The van der Waals surface area contributed by atoms with Gasteiger partial charge in [-0.3, -0.25) is 0 Å². The Labute approximate surface area is 89.9 Å². The zero-order valence-electron chi connectivity index (χ0n) is 7.63. The van der Waals surface area contributed by atoms with Gasteiger partial charge in [0.15, 0.2) is 18.4 Å². The van der Waals surface area contributed by atoms with Crippen molar-refractivity contribution < 1.29 is 18.6 Å². The van der Waals surface area contributed by atoms with Gasteiger partial charge >= 0.3 is 0 Å². The van der Waals surface area contributed by atoms with Crippen LogP contribution in [-0.2, 0) is 9.47 Å². The molecule has 1 rings (SSSR count). The largest absolute Gasteiger partial charge is 0.463 e. The summed E-state index contributed by atoms with van der Waals surface area (Å²) in [5.74, 6) is -0.288. The minimum absolute atomic E-state index is 0.0482. The molecule has 0 aromatic heterocycles. The minimum Gasteiger partial charge on any atom is -0.463 e. The number of para-hydroxylation sites is 1. The Hall–Kier alpha value is -0.650. The van der Waals surface area contributed by atoms with Crippen LogP contribution in [0.4, 0.5) is 4.39 Å². The van der Waals surface area contributed by atoms with E-state index in [0.29, 0.717) is 4.47 Å². The molecule has 0 aliphatic heterocycles. The van der Waals surface area contributed by atoms with Gasteiger partial charge in [0.25, 0.3) is 0 Å². The highest BCUT2D eigenvalue weighted by Crippen LogP contribution is 2.27. The average molecular weight is 265 g/mol. The summed E-state index contributed by atoms with van der Waals surface area (Å²) in [6.45, 7) is 0.0689. The quantitative estimate of drug-likeness (QED) is 0.604. The van der Waals surface area contributed by atoms with Crippen LogP contribution in [0.25, 0.3) is 0 Å². The van der Waals surface area contributed by atoms with E-state index >= 15 is 0 Å². The predicted octanol–water partition coefficient (Wildman–Crippen LogP) is 2.55. The van der Waals surface area contributed by atoms with Crippen LogP contribution in [0.5, 0.6) is 5.75 Å². The highest BCUT2D eigenvalue weighted by Gasteiger charge is 2.06. The van der Waals surface area contributed by atoms with Crippen LogP contribution in [0.15, 0.2) is 22.7 Å². The van der Waals surface area contributed by atoms with Crippen molar-refractivity contribution in [1.82, 2.24) is 0 Å². The summed E-state index contributed by atoms with van der Waals surface area (Å²) in [7, 11) is 1.50. The summed E-state index contributed by atoms with van der Waals surface area (Å²) in [5.41, 5.74) is 0. The summed E-state index contributed by atoms with van der Waals surface area (Å²) in [6.07, 6.45) is 0. The predicted molar refractivity (Wildman–Crippen MR) is 52.6 cm³/mol. The van der Waals surface area contributed by atoms with Crippen LogP contribution in [0.2, 0.25) is 0 Å². The number of hydrogen-bond acceptors (Lipinski definition) is 3. The smallest absolute Gasteiger partial charge is 0.191 e. The molecule has 78 valence electrons. The molecule has 1 aromatic carbocycles. The molecule has 14 heavy (non-hydrogen) atoms. The van der Waals surface area contributed by atoms with Crippen LogP contribution < -0.4 is 4.74 Å². The molecule has 0 saturated carbocycles. The third-order valence-corrected chi connectivity index (χ3v) is 2.03. The third-order valence-electron chi connectivity index (χ3n) is 1.41. The number of benzene rings is 1. The highest BCUT2D eigenvalue weighted by atomic mass is 79.9. The molecular weight excluding hydrogens is 255 g/mol. The molecule has 5 heteroatoms. The number of halogens is 2. The lowest BCUT2D eigenvalue weighted by molar-refractivity contribution is -0.0845. The Morgan fingerprint density at radius 3 is 2.79 bits per heavy atom. The van der Waals surface area contributed by atoms with E-state index < -0.39 is 5.82 Å². The van der Waals surface area contributed by atoms with Crippen LogP contribution in [0.1, 0.15) is 0 Å². The van der Waals surface area contributed by atoms with E-state index in [-0.39, 0.29) is 19.3 Å². The molecule has 0 fully saturated rings. The second-order valence-corrected chi connectivity index (χ2v) is 3.28. The number of hydrogen-bond donors (Lipinski definition) is 0. The van der Waals surface area contributed by atoms with Gasteiger partial charge in [-0.15, -0.1) is 0 Å². The molecule has 0 heterocycles.